The maximum Gasteiger partial charge on any atom is 0.261 e. The molecule has 0 saturated carbocycles. The van der Waals surface area contributed by atoms with Crippen LogP contribution < -0.4 is 11.3 Å². The van der Waals surface area contributed by atoms with Gasteiger partial charge in [0.05, 0.1) is 17.2 Å². The van der Waals surface area contributed by atoms with E-state index in [0.717, 1.165) is 5.56 Å². The second kappa shape index (κ2) is 8.76. The molecule has 2 atom stereocenters. The van der Waals surface area contributed by atoms with Crippen LogP contribution in [0.5, 0.6) is 0 Å². The van der Waals surface area contributed by atoms with Crippen LogP contribution in [0.1, 0.15) is 17.0 Å². The molecular formula is C22H25ClN4O2. The first kappa shape index (κ1) is 21.0. The number of benzene rings is 2. The van der Waals surface area contributed by atoms with Gasteiger partial charge in [-0.1, -0.05) is 42.5 Å². The standard InChI is InChI=1S/C22H24N4O2.ClH/c1-15-6-5-9-18-21(15)24-14-26(22(18)28)13-20(27)25-11-17(10-23)19(12-25)16-7-3-2-4-8-16;/h2-9,14,17,19H,10-13,23H2,1H3;1H/t17-,19+;/m1./s1. The van der Waals surface area contributed by atoms with E-state index in [9.17, 15) is 9.59 Å². The molecule has 6 nitrogen and oxygen atoms in total. The van der Waals surface area contributed by atoms with Crippen LogP contribution >= 0.6 is 12.4 Å². The van der Waals surface area contributed by atoms with E-state index < -0.39 is 0 Å². The topological polar surface area (TPSA) is 81.2 Å². The van der Waals surface area contributed by atoms with Gasteiger partial charge in [-0.25, -0.2) is 4.98 Å². The molecule has 1 amide bonds. The smallest absolute Gasteiger partial charge is 0.261 e. The highest BCUT2D eigenvalue weighted by Crippen LogP contribution is 2.32. The monoisotopic (exact) mass is 412 g/mol. The second-order valence-electron chi connectivity index (χ2n) is 7.46. The summed E-state index contributed by atoms with van der Waals surface area (Å²) < 4.78 is 1.40. The molecule has 29 heavy (non-hydrogen) atoms. The first-order valence-electron chi connectivity index (χ1n) is 9.56. The third kappa shape index (κ3) is 4.04. The summed E-state index contributed by atoms with van der Waals surface area (Å²) in [5.41, 5.74) is 8.63. The number of nitrogens with two attached hydrogens (primary N) is 1. The molecular weight excluding hydrogens is 388 g/mol. The summed E-state index contributed by atoms with van der Waals surface area (Å²) in [7, 11) is 0. The van der Waals surface area contributed by atoms with E-state index >= 15 is 0 Å². The zero-order valence-corrected chi connectivity index (χ0v) is 17.1. The number of fused-ring (bicyclic) bond motifs is 1. The number of amides is 1. The third-order valence-electron chi connectivity index (χ3n) is 5.69. The van der Waals surface area contributed by atoms with Crippen molar-refractivity contribution in [2.24, 2.45) is 11.7 Å². The fourth-order valence-electron chi connectivity index (χ4n) is 4.09. The van der Waals surface area contributed by atoms with Crippen LogP contribution in [0.25, 0.3) is 10.9 Å². The highest BCUT2D eigenvalue weighted by Gasteiger charge is 2.35. The van der Waals surface area contributed by atoms with Gasteiger partial charge in [0, 0.05) is 19.0 Å². The van der Waals surface area contributed by atoms with Crippen molar-refractivity contribution >= 4 is 29.2 Å². The minimum atomic E-state index is -0.184. The van der Waals surface area contributed by atoms with Crippen LogP contribution in [0, 0.1) is 12.8 Å². The molecule has 1 saturated heterocycles. The number of rotatable bonds is 4. The predicted octanol–water partition coefficient (Wildman–Crippen LogP) is 2.33. The molecule has 0 bridgehead atoms. The number of nitrogens with zero attached hydrogens (tertiary/aromatic N) is 3. The van der Waals surface area contributed by atoms with Crippen molar-refractivity contribution in [3.05, 3.63) is 76.3 Å². The summed E-state index contributed by atoms with van der Waals surface area (Å²) in [6, 6.07) is 15.7. The molecule has 2 N–H and O–H groups in total. The van der Waals surface area contributed by atoms with E-state index in [-0.39, 0.29) is 42.3 Å². The van der Waals surface area contributed by atoms with Crippen LogP contribution in [0.4, 0.5) is 0 Å². The van der Waals surface area contributed by atoms with Gasteiger partial charge in [0.1, 0.15) is 6.54 Å². The molecule has 1 fully saturated rings. The van der Waals surface area contributed by atoms with E-state index in [2.05, 4.69) is 17.1 Å². The highest BCUT2D eigenvalue weighted by atomic mass is 35.5. The molecule has 3 aromatic rings. The van der Waals surface area contributed by atoms with Gasteiger partial charge in [-0.2, -0.15) is 0 Å². The van der Waals surface area contributed by atoms with E-state index in [4.69, 9.17) is 5.73 Å². The second-order valence-corrected chi connectivity index (χ2v) is 7.46. The zero-order valence-electron chi connectivity index (χ0n) is 16.3. The first-order chi connectivity index (χ1) is 13.6. The molecule has 7 heteroatoms. The maximum absolute atomic E-state index is 12.9. The van der Waals surface area contributed by atoms with Crippen LogP contribution in [0.3, 0.4) is 0 Å². The van der Waals surface area contributed by atoms with Crippen molar-refractivity contribution in [3.63, 3.8) is 0 Å². The van der Waals surface area contributed by atoms with Crippen molar-refractivity contribution in [1.82, 2.24) is 14.5 Å². The molecule has 1 aromatic heterocycles. The Hall–Kier alpha value is -2.70. The summed E-state index contributed by atoms with van der Waals surface area (Å²) in [6.45, 7) is 3.68. The minimum Gasteiger partial charge on any atom is -0.340 e. The first-order valence-corrected chi connectivity index (χ1v) is 9.56. The van der Waals surface area contributed by atoms with Gasteiger partial charge in [-0.05, 0) is 36.6 Å². The Labute approximate surface area is 175 Å². The third-order valence-corrected chi connectivity index (χ3v) is 5.69. The quantitative estimate of drug-likeness (QED) is 0.713. The van der Waals surface area contributed by atoms with Gasteiger partial charge in [-0.15, -0.1) is 12.4 Å². The van der Waals surface area contributed by atoms with Crippen LogP contribution in [-0.2, 0) is 11.3 Å². The summed E-state index contributed by atoms with van der Waals surface area (Å²) in [5, 5.41) is 0.540. The Morgan fingerprint density at radius 2 is 1.90 bits per heavy atom. The number of halogens is 1. The molecule has 0 unspecified atom stereocenters. The number of hydrogen-bond acceptors (Lipinski definition) is 4. The van der Waals surface area contributed by atoms with Gasteiger partial charge in [0.15, 0.2) is 0 Å². The van der Waals surface area contributed by atoms with Gasteiger partial charge in [-0.3, -0.25) is 14.2 Å². The lowest BCUT2D eigenvalue weighted by molar-refractivity contribution is -0.131. The Morgan fingerprint density at radius 1 is 1.14 bits per heavy atom. The van der Waals surface area contributed by atoms with Crippen molar-refractivity contribution in [2.75, 3.05) is 19.6 Å². The van der Waals surface area contributed by atoms with Gasteiger partial charge < -0.3 is 10.6 Å². The molecule has 1 aliphatic rings. The summed E-state index contributed by atoms with van der Waals surface area (Å²) in [5.74, 6) is 0.373. The van der Waals surface area contributed by atoms with Crippen molar-refractivity contribution < 1.29 is 4.79 Å². The number of aromatic nitrogens is 2. The molecule has 0 radical (unpaired) electrons. The van der Waals surface area contributed by atoms with E-state index in [0.29, 0.717) is 30.5 Å². The average molecular weight is 413 g/mol. The summed E-state index contributed by atoms with van der Waals surface area (Å²) >= 11 is 0. The minimum absolute atomic E-state index is 0. The molecule has 2 heterocycles. The van der Waals surface area contributed by atoms with E-state index in [1.165, 1.54) is 16.5 Å². The SMILES string of the molecule is Cc1cccc2c(=O)n(CC(=O)N3C[C@@H](CN)[C@H](c4ccccc4)C3)cnc12.Cl. The van der Waals surface area contributed by atoms with Gasteiger partial charge >= 0.3 is 0 Å². The van der Waals surface area contributed by atoms with Crippen LogP contribution in [0.2, 0.25) is 0 Å². The van der Waals surface area contributed by atoms with Gasteiger partial charge in [0.25, 0.3) is 5.56 Å². The van der Waals surface area contributed by atoms with Crippen LogP contribution in [-0.4, -0.2) is 40.0 Å². The van der Waals surface area contributed by atoms with Crippen molar-refractivity contribution in [1.29, 1.82) is 0 Å². The van der Waals surface area contributed by atoms with E-state index in [1.54, 1.807) is 6.07 Å². The number of para-hydroxylation sites is 1. The summed E-state index contributed by atoms with van der Waals surface area (Å²) in [4.78, 5) is 31.9. The molecule has 4 rings (SSSR count). The number of aryl methyl sites for hydroxylation is 1. The number of likely N-dealkylation sites (tertiary alicyclic amines) is 1. The molecule has 1 aliphatic heterocycles. The van der Waals surface area contributed by atoms with E-state index in [1.807, 2.05) is 42.2 Å². The van der Waals surface area contributed by atoms with Crippen molar-refractivity contribution in [2.45, 2.75) is 19.4 Å². The Kier molecular flexibility index (Phi) is 6.35. The molecule has 0 aliphatic carbocycles. The fraction of sp³-hybridized carbons (Fsp3) is 0.318. The van der Waals surface area contributed by atoms with Gasteiger partial charge in [0.2, 0.25) is 5.91 Å². The highest BCUT2D eigenvalue weighted by molar-refractivity contribution is 5.85. The maximum atomic E-state index is 12.9. The Balaban J connectivity index is 0.00000240. The number of carbonyl (C=O) groups is 1. The Morgan fingerprint density at radius 3 is 2.62 bits per heavy atom. The normalized spacial score (nSPS) is 18.6. The molecule has 152 valence electrons. The largest absolute Gasteiger partial charge is 0.340 e. The summed E-state index contributed by atoms with van der Waals surface area (Å²) in [6.07, 6.45) is 1.47. The number of carbonyl (C=O) groups excluding carboxylic acids is 1. The lowest BCUT2D eigenvalue weighted by Crippen LogP contribution is -2.35. The predicted molar refractivity (Wildman–Crippen MR) is 116 cm³/mol. The Bertz CT molecular complexity index is 1070. The molecule has 2 aromatic carbocycles. The lowest BCUT2D eigenvalue weighted by atomic mass is 9.89. The molecule has 0 spiro atoms. The van der Waals surface area contributed by atoms with Crippen molar-refractivity contribution in [3.8, 4) is 0 Å². The fourth-order valence-corrected chi connectivity index (χ4v) is 4.09. The average Bonchev–Trinajstić information content (AvgIpc) is 3.16. The zero-order chi connectivity index (χ0) is 19.7. The van der Waals surface area contributed by atoms with Crippen LogP contribution in [0.15, 0.2) is 59.7 Å². The lowest BCUT2D eigenvalue weighted by Gasteiger charge is -2.17. The number of hydrogen-bond donors (Lipinski definition) is 1.